The molecular formula is C25H36O3. The highest BCUT2D eigenvalue weighted by atomic mass is 16.6. The predicted octanol–water partition coefficient (Wildman–Crippen LogP) is 5.87. The van der Waals surface area contributed by atoms with Gasteiger partial charge in [0.2, 0.25) is 6.29 Å². The van der Waals surface area contributed by atoms with Gasteiger partial charge in [-0.15, -0.1) is 0 Å². The molecule has 0 spiro atoms. The third kappa shape index (κ3) is 3.91. The molecule has 3 heteroatoms. The first-order valence-corrected chi connectivity index (χ1v) is 10.8. The highest BCUT2D eigenvalue weighted by molar-refractivity contribution is 5.86. The lowest BCUT2D eigenvalue weighted by Crippen LogP contribution is -2.50. The Balaban J connectivity index is 1.67. The summed E-state index contributed by atoms with van der Waals surface area (Å²) in [5.41, 5.74) is 3.98. The van der Waals surface area contributed by atoms with Crippen molar-refractivity contribution in [1.82, 2.24) is 0 Å². The number of fused-ring (bicyclic) bond motifs is 1. The molecule has 0 aromatic carbocycles. The predicted molar refractivity (Wildman–Crippen MR) is 113 cm³/mol. The fourth-order valence-electron chi connectivity index (χ4n) is 5.81. The topological polar surface area (TPSA) is 46.5 Å². The molecular weight excluding hydrogens is 348 g/mol. The summed E-state index contributed by atoms with van der Waals surface area (Å²) < 4.78 is 4.70. The molecule has 0 aromatic rings. The van der Waals surface area contributed by atoms with Crippen molar-refractivity contribution in [1.29, 1.82) is 0 Å². The van der Waals surface area contributed by atoms with Crippen LogP contribution in [0.25, 0.3) is 0 Å². The zero-order valence-corrected chi connectivity index (χ0v) is 18.0. The van der Waals surface area contributed by atoms with E-state index >= 15 is 0 Å². The Morgan fingerprint density at radius 2 is 2.14 bits per heavy atom. The second kappa shape index (κ2) is 8.02. The maximum Gasteiger partial charge on any atom is 0.333 e. The SMILES string of the molecule is C=C1CCC[C@H]2[C@](C)(CC/C(C)=C/C=C/C3=CC(=O)O[C@@H]3O)[C@@H](C)CC[C@@]12C. The number of cyclic esters (lactones) is 1. The Labute approximate surface area is 170 Å². The fraction of sp³-hybridized carbons (Fsp3) is 0.640. The second-order valence-corrected chi connectivity index (χ2v) is 9.72. The van der Waals surface area contributed by atoms with Gasteiger partial charge >= 0.3 is 5.97 Å². The molecule has 0 aromatic heterocycles. The fourth-order valence-corrected chi connectivity index (χ4v) is 5.81. The maximum absolute atomic E-state index is 11.2. The molecule has 0 amide bonds. The molecule has 0 bridgehead atoms. The summed E-state index contributed by atoms with van der Waals surface area (Å²) in [6, 6.07) is 0. The quantitative estimate of drug-likeness (QED) is 0.366. The number of rotatable bonds is 5. The zero-order valence-electron chi connectivity index (χ0n) is 18.0. The Kier molecular flexibility index (Phi) is 6.05. The van der Waals surface area contributed by atoms with Gasteiger partial charge < -0.3 is 9.84 Å². The Morgan fingerprint density at radius 1 is 1.39 bits per heavy atom. The third-order valence-corrected chi connectivity index (χ3v) is 8.09. The molecule has 1 aliphatic heterocycles. The number of esters is 1. The van der Waals surface area contributed by atoms with E-state index in [9.17, 15) is 9.90 Å². The van der Waals surface area contributed by atoms with Crippen molar-refractivity contribution >= 4 is 5.97 Å². The van der Waals surface area contributed by atoms with Crippen molar-refractivity contribution in [2.45, 2.75) is 78.9 Å². The van der Waals surface area contributed by atoms with Gasteiger partial charge in [-0.05, 0) is 74.5 Å². The van der Waals surface area contributed by atoms with Crippen LogP contribution in [-0.4, -0.2) is 17.4 Å². The van der Waals surface area contributed by atoms with Crippen molar-refractivity contribution in [3.05, 3.63) is 47.6 Å². The van der Waals surface area contributed by atoms with Crippen LogP contribution in [0.4, 0.5) is 0 Å². The number of hydrogen-bond acceptors (Lipinski definition) is 3. The van der Waals surface area contributed by atoms with Crippen LogP contribution >= 0.6 is 0 Å². The molecule has 3 nitrogen and oxygen atoms in total. The van der Waals surface area contributed by atoms with Crippen molar-refractivity contribution in [2.75, 3.05) is 0 Å². The van der Waals surface area contributed by atoms with Crippen LogP contribution in [0.5, 0.6) is 0 Å². The lowest BCUT2D eigenvalue weighted by Gasteiger charge is -2.59. The van der Waals surface area contributed by atoms with Crippen LogP contribution in [-0.2, 0) is 9.53 Å². The molecule has 2 aliphatic carbocycles. The molecule has 2 saturated carbocycles. The number of carbonyl (C=O) groups excluding carboxylic acids is 1. The number of ether oxygens (including phenoxy) is 1. The summed E-state index contributed by atoms with van der Waals surface area (Å²) in [5, 5.41) is 9.63. The van der Waals surface area contributed by atoms with E-state index in [4.69, 9.17) is 4.74 Å². The standard InChI is InChI=1S/C25H36O3/c1-17(8-6-10-20-16-22(26)28-23(20)27)12-14-24(4)19(3)13-15-25(5)18(2)9-7-11-21(24)25/h6,8,10,16,19,21,23,27H,2,7,9,11-15H2,1,3-5H3/b10-6+,17-8+/t19-,21-,23-,24+,25-/m0/s1. The van der Waals surface area contributed by atoms with E-state index < -0.39 is 12.3 Å². The Hall–Kier alpha value is -1.61. The monoisotopic (exact) mass is 384 g/mol. The van der Waals surface area contributed by atoms with E-state index in [2.05, 4.69) is 40.3 Å². The molecule has 3 rings (SSSR count). The van der Waals surface area contributed by atoms with Gasteiger partial charge in [0.1, 0.15) is 0 Å². The zero-order chi connectivity index (χ0) is 20.5. The number of hydrogen-bond donors (Lipinski definition) is 1. The highest BCUT2D eigenvalue weighted by Crippen LogP contribution is 2.62. The molecule has 3 aliphatic rings. The first-order valence-electron chi connectivity index (χ1n) is 10.8. The highest BCUT2D eigenvalue weighted by Gasteiger charge is 2.53. The van der Waals surface area contributed by atoms with Crippen molar-refractivity contribution in [3.63, 3.8) is 0 Å². The minimum Gasteiger partial charge on any atom is -0.428 e. The van der Waals surface area contributed by atoms with Gasteiger partial charge in [-0.2, -0.15) is 0 Å². The molecule has 5 atom stereocenters. The van der Waals surface area contributed by atoms with Gasteiger partial charge in [-0.3, -0.25) is 0 Å². The maximum atomic E-state index is 11.2. The average molecular weight is 385 g/mol. The van der Waals surface area contributed by atoms with Crippen LogP contribution in [0.2, 0.25) is 0 Å². The molecule has 1 heterocycles. The van der Waals surface area contributed by atoms with E-state index in [1.54, 1.807) is 6.08 Å². The lowest BCUT2D eigenvalue weighted by molar-refractivity contribution is -0.150. The van der Waals surface area contributed by atoms with E-state index in [0.717, 1.165) is 18.3 Å². The molecule has 28 heavy (non-hydrogen) atoms. The third-order valence-electron chi connectivity index (χ3n) is 8.09. The smallest absolute Gasteiger partial charge is 0.333 e. The number of aliphatic hydroxyl groups excluding tert-OH is 1. The van der Waals surface area contributed by atoms with E-state index in [1.807, 2.05) is 6.08 Å². The summed E-state index contributed by atoms with van der Waals surface area (Å²) in [6.45, 7) is 14.1. The Morgan fingerprint density at radius 3 is 2.82 bits per heavy atom. The van der Waals surface area contributed by atoms with Crippen LogP contribution in [0.3, 0.4) is 0 Å². The van der Waals surface area contributed by atoms with Crippen molar-refractivity contribution in [3.8, 4) is 0 Å². The minimum atomic E-state index is -1.13. The van der Waals surface area contributed by atoms with Crippen molar-refractivity contribution < 1.29 is 14.6 Å². The second-order valence-electron chi connectivity index (χ2n) is 9.72. The molecule has 0 radical (unpaired) electrons. The van der Waals surface area contributed by atoms with E-state index in [0.29, 0.717) is 16.4 Å². The number of allylic oxidation sites excluding steroid dienone is 4. The summed E-state index contributed by atoms with van der Waals surface area (Å²) in [4.78, 5) is 11.2. The summed E-state index contributed by atoms with van der Waals surface area (Å²) in [7, 11) is 0. The summed E-state index contributed by atoms with van der Waals surface area (Å²) in [6.07, 6.45) is 14.7. The molecule has 2 fully saturated rings. The van der Waals surface area contributed by atoms with Crippen LogP contribution in [0, 0.1) is 22.7 Å². The first kappa shape index (κ1) is 21.1. The largest absolute Gasteiger partial charge is 0.428 e. The van der Waals surface area contributed by atoms with Crippen molar-refractivity contribution in [2.24, 2.45) is 22.7 Å². The molecule has 1 N–H and O–H groups in total. The minimum absolute atomic E-state index is 0.314. The van der Waals surface area contributed by atoms with Crippen LogP contribution in [0.1, 0.15) is 72.6 Å². The van der Waals surface area contributed by atoms with Gasteiger partial charge in [0, 0.05) is 11.6 Å². The molecule has 0 saturated heterocycles. The Bertz CT molecular complexity index is 728. The number of carbonyl (C=O) groups is 1. The first-order chi connectivity index (χ1) is 13.2. The summed E-state index contributed by atoms with van der Waals surface area (Å²) >= 11 is 0. The van der Waals surface area contributed by atoms with Crippen LogP contribution < -0.4 is 0 Å². The number of aliphatic hydroxyl groups is 1. The summed E-state index contributed by atoms with van der Waals surface area (Å²) in [5.74, 6) is 0.987. The van der Waals surface area contributed by atoms with Gasteiger partial charge in [0.25, 0.3) is 0 Å². The molecule has 154 valence electrons. The van der Waals surface area contributed by atoms with Gasteiger partial charge in [0.05, 0.1) is 0 Å². The molecule has 0 unspecified atom stereocenters. The van der Waals surface area contributed by atoms with E-state index in [1.165, 1.54) is 55.7 Å². The lowest BCUT2D eigenvalue weighted by atomic mass is 9.46. The van der Waals surface area contributed by atoms with Gasteiger partial charge in [-0.25, -0.2) is 4.79 Å². The average Bonchev–Trinajstić information content (AvgIpc) is 2.96. The van der Waals surface area contributed by atoms with Crippen LogP contribution in [0.15, 0.2) is 47.6 Å². The van der Waals surface area contributed by atoms with Gasteiger partial charge in [0.15, 0.2) is 0 Å². The van der Waals surface area contributed by atoms with Gasteiger partial charge in [-0.1, -0.05) is 56.7 Å². The normalized spacial score (nSPS) is 39.1. The van der Waals surface area contributed by atoms with E-state index in [-0.39, 0.29) is 0 Å².